The Bertz CT molecular complexity index is 153. The van der Waals surface area contributed by atoms with E-state index in [2.05, 4.69) is 4.74 Å². The van der Waals surface area contributed by atoms with Crippen LogP contribution in [-0.2, 0) is 14.3 Å². The van der Waals surface area contributed by atoms with Crippen molar-refractivity contribution in [3.63, 3.8) is 0 Å². The highest BCUT2D eigenvalue weighted by atomic mass is 16.5. The third-order valence-corrected chi connectivity index (χ3v) is 1.26. The van der Waals surface area contributed by atoms with Crippen molar-refractivity contribution in [2.75, 3.05) is 7.11 Å². The van der Waals surface area contributed by atoms with E-state index in [9.17, 15) is 14.7 Å². The van der Waals surface area contributed by atoms with Gasteiger partial charge in [-0.2, -0.15) is 0 Å². The van der Waals surface area contributed by atoms with Crippen molar-refractivity contribution in [3.05, 3.63) is 0 Å². The minimum atomic E-state index is -1.14. The van der Waals surface area contributed by atoms with Gasteiger partial charge >= 0.3 is 5.97 Å². The van der Waals surface area contributed by atoms with Crippen LogP contribution in [-0.4, -0.2) is 19.0 Å². The Morgan fingerprint density at radius 2 is 2.00 bits per heavy atom. The van der Waals surface area contributed by atoms with Crippen molar-refractivity contribution < 1.29 is 19.4 Å². The third-order valence-electron chi connectivity index (χ3n) is 1.26. The zero-order chi connectivity index (χ0) is 8.85. The molecule has 0 rings (SSSR count). The van der Waals surface area contributed by atoms with Crippen molar-refractivity contribution in [1.82, 2.24) is 0 Å². The molecule has 0 bridgehead atoms. The normalized spacial score (nSPS) is 12.2. The Morgan fingerprint density at radius 1 is 1.45 bits per heavy atom. The topological polar surface area (TPSA) is 66.4 Å². The van der Waals surface area contributed by atoms with E-state index in [1.807, 2.05) is 0 Å². The first kappa shape index (κ1) is 9.94. The molecule has 0 N–H and O–H groups in total. The lowest BCUT2D eigenvalue weighted by Gasteiger charge is -2.09. The largest absolute Gasteiger partial charge is 0.550 e. The second kappa shape index (κ2) is 4.71. The minimum absolute atomic E-state index is 0.102. The van der Waals surface area contributed by atoms with Crippen LogP contribution in [0.3, 0.4) is 0 Å². The first-order valence-corrected chi connectivity index (χ1v) is 3.33. The minimum Gasteiger partial charge on any atom is -0.550 e. The summed E-state index contributed by atoms with van der Waals surface area (Å²) < 4.78 is 4.35. The zero-order valence-corrected chi connectivity index (χ0v) is 6.62. The average molecular weight is 159 g/mol. The van der Waals surface area contributed by atoms with Gasteiger partial charge in [0.2, 0.25) is 0 Å². The van der Waals surface area contributed by atoms with E-state index in [0.29, 0.717) is 0 Å². The number of methoxy groups -OCH3 is 1. The molecule has 11 heavy (non-hydrogen) atoms. The summed E-state index contributed by atoms with van der Waals surface area (Å²) in [5.41, 5.74) is 0. The van der Waals surface area contributed by atoms with Gasteiger partial charge in [-0.05, 0) is 12.3 Å². The molecule has 0 radical (unpaired) electrons. The number of aliphatic carboxylic acids is 1. The van der Waals surface area contributed by atoms with E-state index in [1.165, 1.54) is 7.11 Å². The molecule has 64 valence electrons. The smallest absolute Gasteiger partial charge is 0.305 e. The number of carboxylic acids is 1. The molecular formula is C7H11O4-. The van der Waals surface area contributed by atoms with Crippen LogP contribution in [0.5, 0.6) is 0 Å². The molecule has 0 aliphatic carbocycles. The molecule has 4 heteroatoms. The fourth-order valence-electron chi connectivity index (χ4n) is 0.725. The number of esters is 1. The number of hydrogen-bond donors (Lipinski definition) is 0. The summed E-state index contributed by atoms with van der Waals surface area (Å²) in [6, 6.07) is 0. The van der Waals surface area contributed by atoms with Crippen LogP contribution in [0, 0.1) is 5.92 Å². The van der Waals surface area contributed by atoms with Crippen LogP contribution < -0.4 is 5.11 Å². The summed E-state index contributed by atoms with van der Waals surface area (Å²) in [5.74, 6) is -1.74. The van der Waals surface area contributed by atoms with Gasteiger partial charge in [-0.15, -0.1) is 0 Å². The molecular weight excluding hydrogens is 148 g/mol. The van der Waals surface area contributed by atoms with Gasteiger partial charge in [0.05, 0.1) is 7.11 Å². The Kier molecular flexibility index (Phi) is 4.26. The van der Waals surface area contributed by atoms with Gasteiger partial charge in [0.1, 0.15) is 0 Å². The molecule has 0 amide bonds. The van der Waals surface area contributed by atoms with Gasteiger partial charge in [-0.1, -0.05) is 6.92 Å². The molecule has 0 saturated carbocycles. The number of carboxylic acid groups (broad SMARTS) is 1. The monoisotopic (exact) mass is 159 g/mol. The Balaban J connectivity index is 3.60. The number of carbonyl (C=O) groups is 2. The van der Waals surface area contributed by atoms with E-state index >= 15 is 0 Å². The molecule has 0 heterocycles. The van der Waals surface area contributed by atoms with E-state index in [4.69, 9.17) is 0 Å². The first-order chi connectivity index (χ1) is 5.06. The lowest BCUT2D eigenvalue weighted by atomic mass is 10.0. The predicted molar refractivity (Wildman–Crippen MR) is 35.4 cm³/mol. The van der Waals surface area contributed by atoms with Crippen LogP contribution in [0.1, 0.15) is 19.8 Å². The highest BCUT2D eigenvalue weighted by molar-refractivity contribution is 5.71. The molecule has 0 aliphatic rings. The van der Waals surface area contributed by atoms with Crippen LogP contribution >= 0.6 is 0 Å². The van der Waals surface area contributed by atoms with Crippen molar-refractivity contribution in [2.24, 2.45) is 5.92 Å². The summed E-state index contributed by atoms with van der Waals surface area (Å²) in [6.45, 7) is 1.66. The standard InChI is InChI=1S/C7H12O4/c1-5(3-6(8)9)4-7(10)11-2/h5H,3-4H2,1-2H3,(H,8,9)/p-1. The fourth-order valence-corrected chi connectivity index (χ4v) is 0.725. The second-order valence-electron chi connectivity index (χ2n) is 2.46. The van der Waals surface area contributed by atoms with E-state index in [-0.39, 0.29) is 18.8 Å². The summed E-state index contributed by atoms with van der Waals surface area (Å²) in [5, 5.41) is 10.0. The van der Waals surface area contributed by atoms with Crippen molar-refractivity contribution >= 4 is 11.9 Å². The molecule has 0 aliphatic heterocycles. The Labute approximate surface area is 65.2 Å². The van der Waals surface area contributed by atoms with E-state index in [1.54, 1.807) is 6.92 Å². The van der Waals surface area contributed by atoms with Crippen molar-refractivity contribution in [3.8, 4) is 0 Å². The predicted octanol–water partition coefficient (Wildman–Crippen LogP) is -0.674. The molecule has 1 unspecified atom stereocenters. The zero-order valence-electron chi connectivity index (χ0n) is 6.62. The van der Waals surface area contributed by atoms with Crippen LogP contribution in [0.2, 0.25) is 0 Å². The van der Waals surface area contributed by atoms with Crippen LogP contribution in [0.25, 0.3) is 0 Å². The molecule has 4 nitrogen and oxygen atoms in total. The van der Waals surface area contributed by atoms with Crippen molar-refractivity contribution in [2.45, 2.75) is 19.8 Å². The summed E-state index contributed by atoms with van der Waals surface area (Å²) in [4.78, 5) is 20.6. The quantitative estimate of drug-likeness (QED) is 0.510. The Morgan fingerprint density at radius 3 is 2.36 bits per heavy atom. The summed E-state index contributed by atoms with van der Waals surface area (Å²) in [6.07, 6.45) is 0.0274. The molecule has 0 spiro atoms. The lowest BCUT2D eigenvalue weighted by molar-refractivity contribution is -0.306. The average Bonchev–Trinajstić information content (AvgIpc) is 1.85. The summed E-state index contributed by atoms with van der Waals surface area (Å²) in [7, 11) is 1.27. The highest BCUT2D eigenvalue weighted by Gasteiger charge is 2.08. The van der Waals surface area contributed by atoms with Gasteiger partial charge < -0.3 is 14.6 Å². The molecule has 1 atom stereocenters. The second-order valence-corrected chi connectivity index (χ2v) is 2.46. The molecule has 0 fully saturated rings. The van der Waals surface area contributed by atoms with Gasteiger partial charge in [0, 0.05) is 12.4 Å². The van der Waals surface area contributed by atoms with Gasteiger partial charge in [-0.25, -0.2) is 0 Å². The van der Waals surface area contributed by atoms with E-state index in [0.717, 1.165) is 0 Å². The lowest BCUT2D eigenvalue weighted by Crippen LogP contribution is -2.25. The maximum Gasteiger partial charge on any atom is 0.305 e. The number of ether oxygens (including phenoxy) is 1. The van der Waals surface area contributed by atoms with Crippen LogP contribution in [0.4, 0.5) is 0 Å². The fraction of sp³-hybridized carbons (Fsp3) is 0.714. The maximum absolute atomic E-state index is 10.6. The molecule has 0 aromatic carbocycles. The molecule has 0 saturated heterocycles. The first-order valence-electron chi connectivity index (χ1n) is 3.33. The molecule has 0 aromatic heterocycles. The SMILES string of the molecule is COC(=O)CC(C)CC(=O)[O-]. The van der Waals surface area contributed by atoms with Gasteiger partial charge in [0.15, 0.2) is 0 Å². The maximum atomic E-state index is 10.6. The van der Waals surface area contributed by atoms with E-state index < -0.39 is 11.9 Å². The van der Waals surface area contributed by atoms with Gasteiger partial charge in [0.25, 0.3) is 0 Å². The number of hydrogen-bond acceptors (Lipinski definition) is 4. The highest BCUT2D eigenvalue weighted by Crippen LogP contribution is 2.06. The third kappa shape index (κ3) is 5.39. The Hall–Kier alpha value is -1.06. The van der Waals surface area contributed by atoms with Gasteiger partial charge in [-0.3, -0.25) is 4.79 Å². The number of carbonyl (C=O) groups excluding carboxylic acids is 2. The summed E-state index contributed by atoms with van der Waals surface area (Å²) >= 11 is 0. The van der Waals surface area contributed by atoms with Crippen molar-refractivity contribution in [1.29, 1.82) is 0 Å². The molecule has 0 aromatic rings. The van der Waals surface area contributed by atoms with Crippen LogP contribution in [0.15, 0.2) is 0 Å². The number of rotatable bonds is 4.